The lowest BCUT2D eigenvalue weighted by Crippen LogP contribution is -2.15. The van der Waals surface area contributed by atoms with E-state index >= 15 is 0 Å². The van der Waals surface area contributed by atoms with Gasteiger partial charge in [0, 0.05) is 6.54 Å². The van der Waals surface area contributed by atoms with Gasteiger partial charge in [0.1, 0.15) is 0 Å². The average molecular weight is 253 g/mol. The molecule has 1 aromatic rings. The van der Waals surface area contributed by atoms with E-state index in [-0.39, 0.29) is 6.61 Å². The smallest absolute Gasteiger partial charge is 0.161 e. The third-order valence-corrected chi connectivity index (χ3v) is 2.50. The zero-order valence-corrected chi connectivity index (χ0v) is 11.5. The van der Waals surface area contributed by atoms with Crippen molar-refractivity contribution in [3.63, 3.8) is 0 Å². The van der Waals surface area contributed by atoms with E-state index in [4.69, 9.17) is 14.6 Å². The SMILES string of the molecule is CCOc1cc(CO)ccc1OCCCN(C)C. The zero-order chi connectivity index (χ0) is 13.4. The Hall–Kier alpha value is -1.26. The topological polar surface area (TPSA) is 41.9 Å². The highest BCUT2D eigenvalue weighted by molar-refractivity contribution is 5.42. The molecule has 0 heterocycles. The number of hydrogen-bond donors (Lipinski definition) is 1. The summed E-state index contributed by atoms with van der Waals surface area (Å²) in [6, 6.07) is 5.53. The third kappa shape index (κ3) is 4.94. The first kappa shape index (κ1) is 14.8. The van der Waals surface area contributed by atoms with Crippen LogP contribution in [0.25, 0.3) is 0 Å². The van der Waals surface area contributed by atoms with Crippen LogP contribution >= 0.6 is 0 Å². The molecule has 18 heavy (non-hydrogen) atoms. The van der Waals surface area contributed by atoms with Gasteiger partial charge < -0.3 is 19.5 Å². The van der Waals surface area contributed by atoms with Crippen LogP contribution in [0.2, 0.25) is 0 Å². The van der Waals surface area contributed by atoms with Gasteiger partial charge in [-0.1, -0.05) is 6.07 Å². The van der Waals surface area contributed by atoms with E-state index < -0.39 is 0 Å². The average Bonchev–Trinajstić information content (AvgIpc) is 2.36. The third-order valence-electron chi connectivity index (χ3n) is 2.50. The van der Waals surface area contributed by atoms with Gasteiger partial charge in [-0.2, -0.15) is 0 Å². The van der Waals surface area contributed by atoms with Crippen LogP contribution in [0, 0.1) is 0 Å². The molecule has 0 atom stereocenters. The van der Waals surface area contributed by atoms with E-state index in [1.54, 1.807) is 0 Å². The quantitative estimate of drug-likeness (QED) is 0.719. The van der Waals surface area contributed by atoms with Crippen LogP contribution in [-0.2, 0) is 6.61 Å². The Balaban J connectivity index is 2.57. The molecule has 4 nitrogen and oxygen atoms in total. The van der Waals surface area contributed by atoms with Gasteiger partial charge in [-0.3, -0.25) is 0 Å². The van der Waals surface area contributed by atoms with Gasteiger partial charge in [0.05, 0.1) is 19.8 Å². The molecule has 0 aromatic heterocycles. The van der Waals surface area contributed by atoms with Crippen molar-refractivity contribution in [2.45, 2.75) is 20.0 Å². The minimum atomic E-state index is 0.0149. The molecule has 0 amide bonds. The minimum Gasteiger partial charge on any atom is -0.490 e. The first-order valence-corrected chi connectivity index (χ1v) is 6.31. The molecule has 0 saturated carbocycles. The lowest BCUT2D eigenvalue weighted by Gasteiger charge is -2.14. The normalized spacial score (nSPS) is 10.7. The molecular formula is C14H23NO3. The zero-order valence-electron chi connectivity index (χ0n) is 11.5. The maximum absolute atomic E-state index is 9.09. The molecule has 102 valence electrons. The monoisotopic (exact) mass is 253 g/mol. The van der Waals surface area contributed by atoms with E-state index in [0.29, 0.717) is 19.0 Å². The fraction of sp³-hybridized carbons (Fsp3) is 0.571. The molecule has 0 fully saturated rings. The molecule has 0 bridgehead atoms. The van der Waals surface area contributed by atoms with Crippen LogP contribution in [0.1, 0.15) is 18.9 Å². The van der Waals surface area contributed by atoms with Gasteiger partial charge in [-0.15, -0.1) is 0 Å². The number of benzene rings is 1. The maximum atomic E-state index is 9.09. The van der Waals surface area contributed by atoms with Crippen LogP contribution in [0.4, 0.5) is 0 Å². The van der Waals surface area contributed by atoms with E-state index in [9.17, 15) is 0 Å². The number of nitrogens with zero attached hydrogens (tertiary/aromatic N) is 1. The summed E-state index contributed by atoms with van der Waals surface area (Å²) in [5.41, 5.74) is 0.832. The minimum absolute atomic E-state index is 0.0149. The number of ether oxygens (including phenoxy) is 2. The molecular weight excluding hydrogens is 230 g/mol. The van der Waals surface area contributed by atoms with Gasteiger partial charge >= 0.3 is 0 Å². The van der Waals surface area contributed by atoms with Gasteiger partial charge in [-0.25, -0.2) is 0 Å². The molecule has 0 spiro atoms. The summed E-state index contributed by atoms with van der Waals surface area (Å²) in [5.74, 6) is 1.45. The summed E-state index contributed by atoms with van der Waals surface area (Å²) in [5, 5.41) is 9.09. The maximum Gasteiger partial charge on any atom is 0.161 e. The fourth-order valence-electron chi connectivity index (χ4n) is 1.60. The van der Waals surface area contributed by atoms with E-state index in [2.05, 4.69) is 4.90 Å². The van der Waals surface area contributed by atoms with Gasteiger partial charge in [0.2, 0.25) is 0 Å². The molecule has 0 saturated heterocycles. The van der Waals surface area contributed by atoms with Crippen molar-refractivity contribution >= 4 is 0 Å². The van der Waals surface area contributed by atoms with E-state index in [0.717, 1.165) is 24.3 Å². The first-order chi connectivity index (χ1) is 8.67. The second-order valence-electron chi connectivity index (χ2n) is 4.38. The predicted octanol–water partition coefficient (Wildman–Crippen LogP) is 1.91. The fourth-order valence-corrected chi connectivity index (χ4v) is 1.60. The van der Waals surface area contributed by atoms with Gasteiger partial charge in [0.25, 0.3) is 0 Å². The van der Waals surface area contributed by atoms with Crippen molar-refractivity contribution in [1.82, 2.24) is 4.90 Å². The Bertz CT molecular complexity index is 353. The van der Waals surface area contributed by atoms with Crippen molar-refractivity contribution in [2.75, 3.05) is 33.9 Å². The molecule has 1 aromatic carbocycles. The van der Waals surface area contributed by atoms with Crippen LogP contribution in [0.5, 0.6) is 11.5 Å². The van der Waals surface area contributed by atoms with Crippen LogP contribution in [0.3, 0.4) is 0 Å². The van der Waals surface area contributed by atoms with Crippen molar-refractivity contribution in [3.05, 3.63) is 23.8 Å². The van der Waals surface area contributed by atoms with Gasteiger partial charge in [0.15, 0.2) is 11.5 Å². The van der Waals surface area contributed by atoms with Crippen molar-refractivity contribution in [3.8, 4) is 11.5 Å². The Labute approximate surface area is 109 Å². The number of rotatable bonds is 8. The summed E-state index contributed by atoms with van der Waals surface area (Å²) in [7, 11) is 4.09. The van der Waals surface area contributed by atoms with Gasteiger partial charge in [-0.05, 0) is 45.1 Å². The van der Waals surface area contributed by atoms with E-state index in [1.807, 2.05) is 39.2 Å². The summed E-state index contributed by atoms with van der Waals surface area (Å²) >= 11 is 0. The number of hydrogen-bond acceptors (Lipinski definition) is 4. The van der Waals surface area contributed by atoms with Crippen molar-refractivity contribution in [1.29, 1.82) is 0 Å². The summed E-state index contributed by atoms with van der Waals surface area (Å²) in [6.45, 7) is 4.20. The van der Waals surface area contributed by atoms with Crippen molar-refractivity contribution in [2.24, 2.45) is 0 Å². The van der Waals surface area contributed by atoms with Crippen LogP contribution < -0.4 is 9.47 Å². The Kier molecular flexibility index (Phi) is 6.54. The van der Waals surface area contributed by atoms with Crippen LogP contribution in [-0.4, -0.2) is 43.9 Å². The van der Waals surface area contributed by atoms with E-state index in [1.165, 1.54) is 0 Å². The Morgan fingerprint density at radius 1 is 1.17 bits per heavy atom. The lowest BCUT2D eigenvalue weighted by molar-refractivity contribution is 0.255. The molecule has 0 aliphatic rings. The molecule has 0 aliphatic heterocycles. The molecule has 1 N–H and O–H groups in total. The highest BCUT2D eigenvalue weighted by Crippen LogP contribution is 2.28. The molecule has 4 heteroatoms. The largest absolute Gasteiger partial charge is 0.490 e. The molecule has 0 radical (unpaired) electrons. The summed E-state index contributed by atoms with van der Waals surface area (Å²) in [6.07, 6.45) is 0.973. The molecule has 0 unspecified atom stereocenters. The highest BCUT2D eigenvalue weighted by Gasteiger charge is 2.06. The number of aliphatic hydroxyl groups is 1. The molecule has 0 aliphatic carbocycles. The summed E-state index contributed by atoms with van der Waals surface area (Å²) in [4.78, 5) is 2.13. The predicted molar refractivity (Wildman–Crippen MR) is 72.2 cm³/mol. The lowest BCUT2D eigenvalue weighted by atomic mass is 10.2. The number of aliphatic hydroxyl groups excluding tert-OH is 1. The standard InChI is InChI=1S/C14H23NO3/c1-4-17-14-10-12(11-16)6-7-13(14)18-9-5-8-15(2)3/h6-7,10,16H,4-5,8-9,11H2,1-3H3. The first-order valence-electron chi connectivity index (χ1n) is 6.31. The second kappa shape index (κ2) is 7.95. The Morgan fingerprint density at radius 2 is 1.94 bits per heavy atom. The Morgan fingerprint density at radius 3 is 2.56 bits per heavy atom. The highest BCUT2D eigenvalue weighted by atomic mass is 16.5. The molecule has 1 rings (SSSR count). The van der Waals surface area contributed by atoms with Crippen LogP contribution in [0.15, 0.2) is 18.2 Å². The van der Waals surface area contributed by atoms with Crippen molar-refractivity contribution < 1.29 is 14.6 Å². The summed E-state index contributed by atoms with van der Waals surface area (Å²) < 4.78 is 11.2. The second-order valence-corrected chi connectivity index (χ2v) is 4.38.